The van der Waals surface area contributed by atoms with Crippen LogP contribution in [0.4, 0.5) is 0 Å². The minimum absolute atomic E-state index is 0.0388. The average Bonchev–Trinajstić information content (AvgIpc) is 3.32. The summed E-state index contributed by atoms with van der Waals surface area (Å²) in [5.74, 6) is -2.26. The monoisotopic (exact) mass is 552 g/mol. The van der Waals surface area contributed by atoms with Crippen molar-refractivity contribution in [3.63, 3.8) is 0 Å². The molecule has 0 fully saturated rings. The van der Waals surface area contributed by atoms with Gasteiger partial charge < -0.3 is 25.8 Å². The Hall–Kier alpha value is -3.03. The molecule has 11 nitrogen and oxygen atoms in total. The van der Waals surface area contributed by atoms with Gasteiger partial charge in [-0.25, -0.2) is 9.78 Å². The van der Waals surface area contributed by atoms with Gasteiger partial charge >= 0.3 is 5.97 Å². The maximum atomic E-state index is 13.0. The molecule has 0 aromatic carbocycles. The fraction of sp³-hybridized carbons (Fsp3) is 0.500. The van der Waals surface area contributed by atoms with E-state index in [4.69, 9.17) is 9.84 Å². The van der Waals surface area contributed by atoms with Crippen molar-refractivity contribution in [2.45, 2.75) is 58.7 Å². The Morgan fingerprint density at radius 1 is 1.30 bits per heavy atom. The van der Waals surface area contributed by atoms with Gasteiger partial charge in [0.2, 0.25) is 5.91 Å². The molecule has 4 N–H and O–H groups in total. The summed E-state index contributed by atoms with van der Waals surface area (Å²) in [5.41, 5.74) is 0.0625. The number of nitrogens with one attached hydrogen (secondary N) is 3. The molecular weight excluding hydrogens is 520 g/mol. The number of hydrogen-bond acceptors (Lipinski definition) is 10. The third-order valence-electron chi connectivity index (χ3n) is 5.08. The third kappa shape index (κ3) is 10.1. The molecule has 0 spiro atoms. The number of thioether (sulfide) groups is 1. The summed E-state index contributed by atoms with van der Waals surface area (Å²) in [4.78, 5) is 66.7. The Labute approximate surface area is 223 Å². The zero-order chi connectivity index (χ0) is 27.4. The topological polar surface area (TPSA) is 164 Å². The van der Waals surface area contributed by atoms with Gasteiger partial charge in [-0.05, 0) is 25.3 Å². The van der Waals surface area contributed by atoms with Crippen LogP contribution in [0.2, 0.25) is 0 Å². The third-order valence-corrected chi connectivity index (χ3v) is 6.89. The lowest BCUT2D eigenvalue weighted by Crippen LogP contribution is -2.48. The minimum Gasteiger partial charge on any atom is -0.456 e. The summed E-state index contributed by atoms with van der Waals surface area (Å²) < 4.78 is 5.60. The minimum atomic E-state index is -1.04. The van der Waals surface area contributed by atoms with Crippen LogP contribution >= 0.6 is 23.1 Å². The number of aromatic nitrogens is 1. The standard InChI is InChI=1S/C24H32N4O7S2/c1-4-16-22(32)28-21(14(2)3)24(34)35-15(7-5-6-10-36-20(31)8-9-29)11-18(30)25-12-19-26-17(13-37-19)23(33)27-16/h4-5,7,13-15,21,29H,6,8-12H2,1-3H3,(H,25,30)(H,27,33)(H,28,32). The molecule has 13 heteroatoms. The molecule has 0 saturated carbocycles. The largest absolute Gasteiger partial charge is 0.456 e. The van der Waals surface area contributed by atoms with Crippen molar-refractivity contribution in [2.24, 2.45) is 5.92 Å². The molecule has 1 aliphatic rings. The predicted molar refractivity (Wildman–Crippen MR) is 139 cm³/mol. The molecule has 1 aromatic rings. The van der Waals surface area contributed by atoms with E-state index in [9.17, 15) is 24.0 Å². The molecular formula is C24H32N4O7S2. The van der Waals surface area contributed by atoms with Gasteiger partial charge in [0.25, 0.3) is 11.8 Å². The SMILES string of the molecule is CC=C1NC(=O)c2csc(n2)CNC(=O)CC(C=CCCSC(=O)CCO)OC(=O)C(C(C)C)NC1=O. The molecule has 1 aromatic heterocycles. The summed E-state index contributed by atoms with van der Waals surface area (Å²) in [6.07, 6.45) is 4.19. The second kappa shape index (κ2) is 15.3. The van der Waals surface area contributed by atoms with Crippen LogP contribution in [-0.4, -0.2) is 63.4 Å². The molecule has 0 radical (unpaired) electrons. The highest BCUT2D eigenvalue weighted by molar-refractivity contribution is 8.13. The second-order valence-corrected chi connectivity index (χ2v) is 10.4. The Bertz CT molecular complexity index is 1050. The molecule has 0 aliphatic carbocycles. The van der Waals surface area contributed by atoms with E-state index < -0.39 is 35.8 Å². The van der Waals surface area contributed by atoms with Gasteiger partial charge in [-0.1, -0.05) is 37.8 Å². The average molecular weight is 553 g/mol. The van der Waals surface area contributed by atoms with Crippen LogP contribution in [0.5, 0.6) is 0 Å². The highest BCUT2D eigenvalue weighted by atomic mass is 32.2. The summed E-state index contributed by atoms with van der Waals surface area (Å²) in [5, 5.41) is 18.5. The van der Waals surface area contributed by atoms with Crippen molar-refractivity contribution in [2.75, 3.05) is 12.4 Å². The number of allylic oxidation sites excluding steroid dienone is 2. The van der Waals surface area contributed by atoms with Crippen LogP contribution in [0.25, 0.3) is 0 Å². The molecule has 2 unspecified atom stereocenters. The number of carbonyl (C=O) groups excluding carboxylic acids is 5. The fourth-order valence-electron chi connectivity index (χ4n) is 3.11. The van der Waals surface area contributed by atoms with Gasteiger partial charge in [0.1, 0.15) is 28.5 Å². The first-order chi connectivity index (χ1) is 17.6. The van der Waals surface area contributed by atoms with Gasteiger partial charge in [0.05, 0.1) is 19.6 Å². The highest BCUT2D eigenvalue weighted by Gasteiger charge is 2.30. The van der Waals surface area contributed by atoms with Gasteiger partial charge in [0, 0.05) is 17.6 Å². The Morgan fingerprint density at radius 3 is 2.73 bits per heavy atom. The van der Waals surface area contributed by atoms with Crippen molar-refractivity contribution in [3.8, 4) is 0 Å². The number of esters is 1. The van der Waals surface area contributed by atoms with Crippen LogP contribution in [-0.2, 0) is 30.5 Å². The highest BCUT2D eigenvalue weighted by Crippen LogP contribution is 2.14. The molecule has 2 rings (SSSR count). The smallest absolute Gasteiger partial charge is 0.329 e. The van der Waals surface area contributed by atoms with E-state index in [-0.39, 0.29) is 48.4 Å². The molecule has 2 atom stereocenters. The molecule has 202 valence electrons. The number of rotatable bonds is 7. The predicted octanol–water partition coefficient (Wildman–Crippen LogP) is 1.44. The van der Waals surface area contributed by atoms with Crippen LogP contribution < -0.4 is 16.0 Å². The number of amides is 3. The van der Waals surface area contributed by atoms with E-state index in [0.717, 1.165) is 11.8 Å². The number of hydrogen-bond donors (Lipinski definition) is 4. The van der Waals surface area contributed by atoms with Crippen molar-refractivity contribution < 1.29 is 33.8 Å². The number of fused-ring (bicyclic) bond motifs is 2. The zero-order valence-electron chi connectivity index (χ0n) is 20.9. The van der Waals surface area contributed by atoms with E-state index in [1.165, 1.54) is 22.8 Å². The maximum Gasteiger partial charge on any atom is 0.329 e. The molecule has 2 heterocycles. The van der Waals surface area contributed by atoms with E-state index in [1.54, 1.807) is 32.9 Å². The number of cyclic esters (lactones) is 1. The first-order valence-electron chi connectivity index (χ1n) is 11.8. The maximum absolute atomic E-state index is 13.0. The number of thiazole rings is 1. The van der Waals surface area contributed by atoms with E-state index in [0.29, 0.717) is 17.2 Å². The van der Waals surface area contributed by atoms with Crippen molar-refractivity contribution >= 4 is 51.9 Å². The van der Waals surface area contributed by atoms with Crippen molar-refractivity contribution in [3.05, 3.63) is 40.0 Å². The van der Waals surface area contributed by atoms with Crippen LogP contribution in [0.3, 0.4) is 0 Å². The number of nitrogens with zero attached hydrogens (tertiary/aromatic N) is 1. The van der Waals surface area contributed by atoms with Crippen molar-refractivity contribution in [1.29, 1.82) is 0 Å². The molecule has 2 bridgehead atoms. The summed E-state index contributed by atoms with van der Waals surface area (Å²) in [6, 6.07) is -1.04. The fourth-order valence-corrected chi connectivity index (χ4v) is 4.54. The summed E-state index contributed by atoms with van der Waals surface area (Å²) in [6.45, 7) is 4.92. The first kappa shape index (κ1) is 30.2. The molecule has 37 heavy (non-hydrogen) atoms. The molecule has 3 amide bonds. The molecule has 1 aliphatic heterocycles. The van der Waals surface area contributed by atoms with E-state index in [2.05, 4.69) is 20.9 Å². The van der Waals surface area contributed by atoms with E-state index in [1.807, 2.05) is 0 Å². The number of ether oxygens (including phenoxy) is 1. The first-order valence-corrected chi connectivity index (χ1v) is 13.6. The summed E-state index contributed by atoms with van der Waals surface area (Å²) in [7, 11) is 0. The van der Waals surface area contributed by atoms with Crippen LogP contribution in [0.15, 0.2) is 29.3 Å². The lowest BCUT2D eigenvalue weighted by atomic mass is 10.0. The lowest BCUT2D eigenvalue weighted by Gasteiger charge is -2.24. The Kier molecular flexibility index (Phi) is 12.5. The lowest BCUT2D eigenvalue weighted by molar-refractivity contribution is -0.153. The Morgan fingerprint density at radius 2 is 2.05 bits per heavy atom. The van der Waals surface area contributed by atoms with Crippen LogP contribution in [0.1, 0.15) is 55.5 Å². The van der Waals surface area contributed by atoms with Gasteiger partial charge in [0.15, 0.2) is 5.12 Å². The normalized spacial score (nSPS) is 21.1. The van der Waals surface area contributed by atoms with Crippen molar-refractivity contribution in [1.82, 2.24) is 20.9 Å². The number of aliphatic hydroxyl groups excluding tert-OH is 1. The van der Waals surface area contributed by atoms with Gasteiger partial charge in [-0.3, -0.25) is 19.2 Å². The van der Waals surface area contributed by atoms with E-state index >= 15 is 0 Å². The van der Waals surface area contributed by atoms with Gasteiger partial charge in [-0.15, -0.1) is 11.3 Å². The number of aliphatic hydroxyl groups is 1. The quantitative estimate of drug-likeness (QED) is 0.170. The molecule has 0 saturated heterocycles. The van der Waals surface area contributed by atoms with Gasteiger partial charge in [-0.2, -0.15) is 0 Å². The Balaban J connectivity index is 2.24. The summed E-state index contributed by atoms with van der Waals surface area (Å²) >= 11 is 2.27. The zero-order valence-corrected chi connectivity index (χ0v) is 22.6. The second-order valence-electron chi connectivity index (χ2n) is 8.35. The van der Waals surface area contributed by atoms with Crippen LogP contribution in [0, 0.1) is 5.92 Å². The number of carbonyl (C=O) groups is 5.